The summed E-state index contributed by atoms with van der Waals surface area (Å²) in [5.74, 6) is -3.21. The molecule has 0 spiro atoms. The predicted octanol–water partition coefficient (Wildman–Crippen LogP) is 4.03. The summed E-state index contributed by atoms with van der Waals surface area (Å²) in [6.07, 6.45) is 3.00. The summed E-state index contributed by atoms with van der Waals surface area (Å²) in [5.41, 5.74) is 0.226. The second-order valence-electron chi connectivity index (χ2n) is 9.63. The third-order valence-electron chi connectivity index (χ3n) is 6.48. The van der Waals surface area contributed by atoms with Crippen molar-refractivity contribution >= 4 is 34.5 Å². The summed E-state index contributed by atoms with van der Waals surface area (Å²) >= 11 is 0. The van der Waals surface area contributed by atoms with Crippen molar-refractivity contribution in [1.29, 1.82) is 0 Å². The lowest BCUT2D eigenvalue weighted by molar-refractivity contribution is -0.118. The number of carbonyl (C=O) groups excluding carboxylic acids is 2. The predicted molar refractivity (Wildman–Crippen MR) is 155 cm³/mol. The molecule has 44 heavy (non-hydrogen) atoms. The zero-order valence-electron chi connectivity index (χ0n) is 23.3. The maximum atomic E-state index is 14.3. The Morgan fingerprint density at radius 1 is 1.09 bits per heavy atom. The van der Waals surface area contributed by atoms with Crippen LogP contribution in [-0.4, -0.2) is 45.7 Å². The molecule has 0 aliphatic heterocycles. The molecule has 0 aliphatic carbocycles. The number of anilines is 1. The van der Waals surface area contributed by atoms with Gasteiger partial charge in [0.05, 0.1) is 12.1 Å². The number of halogens is 3. The monoisotopic (exact) mass is 611 g/mol. The lowest BCUT2D eigenvalue weighted by Gasteiger charge is -2.16. The number of hydrogen-bond donors (Lipinski definition) is 5. The fraction of sp³-hybridized carbons (Fsp3) is 0.200. The number of H-pyrrole nitrogens is 1. The molecule has 2 heterocycles. The maximum absolute atomic E-state index is 14.3. The van der Waals surface area contributed by atoms with E-state index in [0.717, 1.165) is 18.2 Å². The maximum Gasteiger partial charge on any atom is 0.405 e. The minimum atomic E-state index is -1.44. The minimum Gasteiger partial charge on any atom is -0.486 e. The molecule has 0 radical (unpaired) electrons. The van der Waals surface area contributed by atoms with E-state index >= 15 is 0 Å². The summed E-state index contributed by atoms with van der Waals surface area (Å²) in [6.45, 7) is -0.311. The first kappa shape index (κ1) is 31.4. The lowest BCUT2D eigenvalue weighted by Crippen LogP contribution is -2.44. The van der Waals surface area contributed by atoms with Crippen LogP contribution in [-0.2, 0) is 22.7 Å². The molecular formula is C30H28F3N5O6. The number of benzene rings is 2. The molecule has 11 nitrogen and oxygen atoms in total. The second kappa shape index (κ2) is 14.1. The number of nitrogens with one attached hydrogen (secondary N) is 4. The van der Waals surface area contributed by atoms with Crippen molar-refractivity contribution in [1.82, 2.24) is 20.2 Å². The van der Waals surface area contributed by atoms with Gasteiger partial charge in [-0.1, -0.05) is 6.08 Å². The van der Waals surface area contributed by atoms with Crippen molar-refractivity contribution in [2.45, 2.75) is 32.0 Å². The largest absolute Gasteiger partial charge is 0.486 e. The summed E-state index contributed by atoms with van der Waals surface area (Å²) in [5, 5.41) is 16.5. The highest BCUT2D eigenvalue weighted by atomic mass is 19.1. The fourth-order valence-corrected chi connectivity index (χ4v) is 4.34. The molecule has 0 aliphatic rings. The Hall–Kier alpha value is -5.53. The Bertz CT molecular complexity index is 1780. The summed E-state index contributed by atoms with van der Waals surface area (Å²) in [4.78, 5) is 51.6. The Balaban J connectivity index is 1.50. The molecule has 1 atom stereocenters. The highest BCUT2D eigenvalue weighted by Gasteiger charge is 2.21. The number of fused-ring (bicyclic) bond motifs is 1. The number of pyridine rings is 1. The van der Waals surface area contributed by atoms with E-state index in [4.69, 9.17) is 9.84 Å². The first-order chi connectivity index (χ1) is 21.0. The van der Waals surface area contributed by atoms with Crippen LogP contribution in [0.3, 0.4) is 0 Å². The molecule has 0 bridgehead atoms. The van der Waals surface area contributed by atoms with Crippen LogP contribution in [0.2, 0.25) is 0 Å². The van der Waals surface area contributed by atoms with Gasteiger partial charge in [-0.2, -0.15) is 0 Å². The number of nitrogens with zero attached hydrogens (tertiary/aromatic N) is 1. The first-order valence-electron chi connectivity index (χ1n) is 13.3. The van der Waals surface area contributed by atoms with Gasteiger partial charge in [-0.15, -0.1) is 0 Å². The molecule has 14 heteroatoms. The number of rotatable bonds is 12. The van der Waals surface area contributed by atoms with Crippen LogP contribution in [0.5, 0.6) is 5.75 Å². The molecule has 0 fully saturated rings. The molecule has 0 saturated heterocycles. The molecular weight excluding hydrogens is 583 g/mol. The zero-order valence-corrected chi connectivity index (χ0v) is 23.3. The third kappa shape index (κ3) is 8.06. The van der Waals surface area contributed by atoms with Crippen molar-refractivity contribution in [3.8, 4) is 5.75 Å². The van der Waals surface area contributed by atoms with Crippen molar-refractivity contribution in [3.05, 3.63) is 106 Å². The Kier molecular flexibility index (Phi) is 10.1. The average molecular weight is 612 g/mol. The standard InChI is InChI=1S/C30H28F3N5O6/c1-34-26(39)7-3-2-5-23(37-30(42)43)28(40)36-24-6-4-10-38(29(24)41)15-21-12-18-11-20(32)14-25(27(18)35-21)44-16-17-8-9-19(31)13-22(17)33/h3-4,6-14,23,35,37H,2,5,15-16H2,1H3,(H,34,39)(H,36,40)(H,42,43)/b7-3+/t23-/m0/s1. The number of carboxylic acid groups (broad SMARTS) is 1. The number of amides is 3. The average Bonchev–Trinajstić information content (AvgIpc) is 3.38. The van der Waals surface area contributed by atoms with Crippen LogP contribution in [0.1, 0.15) is 24.1 Å². The van der Waals surface area contributed by atoms with Gasteiger partial charge in [0, 0.05) is 42.0 Å². The molecule has 2 aromatic carbocycles. The highest BCUT2D eigenvalue weighted by Crippen LogP contribution is 2.29. The zero-order chi connectivity index (χ0) is 31.8. The van der Waals surface area contributed by atoms with Crippen LogP contribution in [0.15, 0.2) is 71.7 Å². The first-order valence-corrected chi connectivity index (χ1v) is 13.3. The number of aromatic amines is 1. The lowest BCUT2D eigenvalue weighted by atomic mass is 10.1. The molecule has 230 valence electrons. The molecule has 2 aromatic heterocycles. The van der Waals surface area contributed by atoms with E-state index < -0.39 is 41.1 Å². The Morgan fingerprint density at radius 2 is 1.89 bits per heavy atom. The smallest absolute Gasteiger partial charge is 0.405 e. The van der Waals surface area contributed by atoms with E-state index in [2.05, 4.69) is 20.9 Å². The topological polar surface area (TPSA) is 155 Å². The van der Waals surface area contributed by atoms with Crippen LogP contribution in [0, 0.1) is 17.5 Å². The van der Waals surface area contributed by atoms with Crippen molar-refractivity contribution in [2.75, 3.05) is 12.4 Å². The summed E-state index contributed by atoms with van der Waals surface area (Å²) in [6, 6.07) is 8.65. The van der Waals surface area contributed by atoms with E-state index in [0.29, 0.717) is 16.6 Å². The van der Waals surface area contributed by atoms with Crippen LogP contribution < -0.4 is 26.2 Å². The van der Waals surface area contributed by atoms with Gasteiger partial charge in [-0.25, -0.2) is 18.0 Å². The Labute approximate surface area is 248 Å². The van der Waals surface area contributed by atoms with Crippen molar-refractivity contribution in [2.24, 2.45) is 0 Å². The number of hydrogen-bond acceptors (Lipinski definition) is 5. The van der Waals surface area contributed by atoms with Gasteiger partial charge in [0.2, 0.25) is 11.8 Å². The van der Waals surface area contributed by atoms with E-state index in [-0.39, 0.29) is 48.9 Å². The van der Waals surface area contributed by atoms with Gasteiger partial charge in [0.15, 0.2) is 0 Å². The summed E-state index contributed by atoms with van der Waals surface area (Å²) in [7, 11) is 1.45. The van der Waals surface area contributed by atoms with Crippen LogP contribution in [0.25, 0.3) is 10.9 Å². The van der Waals surface area contributed by atoms with E-state index in [1.807, 2.05) is 0 Å². The quantitative estimate of drug-likeness (QED) is 0.153. The number of allylic oxidation sites excluding steroid dienone is 1. The van der Waals surface area contributed by atoms with Gasteiger partial charge >= 0.3 is 6.09 Å². The number of ether oxygens (including phenoxy) is 1. The van der Waals surface area contributed by atoms with Gasteiger partial charge in [0.25, 0.3) is 5.56 Å². The van der Waals surface area contributed by atoms with Gasteiger partial charge in [-0.05, 0) is 55.3 Å². The van der Waals surface area contributed by atoms with Crippen molar-refractivity contribution in [3.63, 3.8) is 0 Å². The molecule has 0 saturated carbocycles. The fourth-order valence-electron chi connectivity index (χ4n) is 4.34. The van der Waals surface area contributed by atoms with E-state index in [1.54, 1.807) is 6.07 Å². The summed E-state index contributed by atoms with van der Waals surface area (Å²) < 4.78 is 48.5. The van der Waals surface area contributed by atoms with Gasteiger partial charge in [-0.3, -0.25) is 14.4 Å². The molecule has 5 N–H and O–H groups in total. The van der Waals surface area contributed by atoms with E-state index in [1.165, 1.54) is 54.2 Å². The van der Waals surface area contributed by atoms with Gasteiger partial charge < -0.3 is 35.3 Å². The number of aromatic nitrogens is 2. The van der Waals surface area contributed by atoms with Crippen LogP contribution in [0.4, 0.5) is 23.7 Å². The number of carbonyl (C=O) groups is 3. The molecule has 4 rings (SSSR count). The third-order valence-corrected chi connectivity index (χ3v) is 6.48. The van der Waals surface area contributed by atoms with Crippen LogP contribution >= 0.6 is 0 Å². The number of likely N-dealkylation sites (N-methyl/N-ethyl adjacent to an activating group) is 1. The van der Waals surface area contributed by atoms with E-state index in [9.17, 15) is 32.3 Å². The van der Waals surface area contributed by atoms with Crippen molar-refractivity contribution < 1.29 is 37.4 Å². The Morgan fingerprint density at radius 3 is 2.61 bits per heavy atom. The minimum absolute atomic E-state index is 0.0219. The normalized spacial score (nSPS) is 11.8. The molecule has 4 aromatic rings. The van der Waals surface area contributed by atoms with Gasteiger partial charge in [0.1, 0.15) is 41.5 Å². The SMILES string of the molecule is CNC(=O)/C=C/CC[C@H](NC(=O)O)C(=O)Nc1cccn(Cc2cc3cc(F)cc(OCc4ccc(F)cc4F)c3[nH]2)c1=O. The molecule has 3 amide bonds. The highest BCUT2D eigenvalue weighted by molar-refractivity contribution is 5.96. The second-order valence-corrected chi connectivity index (χ2v) is 9.63. The molecule has 0 unspecified atom stereocenters.